The molecule has 154 valence electrons. The van der Waals surface area contributed by atoms with Crippen molar-refractivity contribution in [3.8, 4) is 5.75 Å². The third kappa shape index (κ3) is 3.92. The zero-order valence-corrected chi connectivity index (χ0v) is 16.8. The molecule has 1 aliphatic heterocycles. The predicted octanol–water partition coefficient (Wildman–Crippen LogP) is 4.39. The molecule has 2 heterocycles. The van der Waals surface area contributed by atoms with E-state index in [1.807, 2.05) is 54.6 Å². The van der Waals surface area contributed by atoms with Gasteiger partial charge in [-0.15, -0.1) is 0 Å². The van der Waals surface area contributed by atoms with E-state index in [0.717, 1.165) is 32.9 Å². The van der Waals surface area contributed by atoms with E-state index in [4.69, 9.17) is 14.5 Å². The summed E-state index contributed by atoms with van der Waals surface area (Å²) >= 11 is 0. The molecule has 0 aliphatic carbocycles. The standard InChI is InChI=1S/C25H20N2O4/c28-24-12-9-16-13-17(10-11-21(16)27-24)30-15-25(29)31-14-23-20-7-2-1-5-18(20)19-6-3-4-8-22(19)26-23/h1-8,10-11,13H,9,12,14-15H2,(H,27,28). The van der Waals surface area contributed by atoms with Crippen LogP contribution in [0.5, 0.6) is 5.75 Å². The maximum atomic E-state index is 12.3. The number of benzene rings is 3. The van der Waals surface area contributed by atoms with Gasteiger partial charge in [0.15, 0.2) is 6.61 Å². The van der Waals surface area contributed by atoms with Gasteiger partial charge in [0.1, 0.15) is 12.4 Å². The number of hydrogen-bond donors (Lipinski definition) is 1. The number of hydrogen-bond acceptors (Lipinski definition) is 5. The smallest absolute Gasteiger partial charge is 0.344 e. The molecule has 0 saturated carbocycles. The number of aromatic nitrogens is 1. The van der Waals surface area contributed by atoms with Crippen LogP contribution in [0.15, 0.2) is 66.7 Å². The Labute approximate surface area is 178 Å². The minimum Gasteiger partial charge on any atom is -0.482 e. The van der Waals surface area contributed by atoms with Gasteiger partial charge >= 0.3 is 5.97 Å². The number of pyridine rings is 1. The Hall–Kier alpha value is -3.93. The van der Waals surface area contributed by atoms with Crippen LogP contribution in [-0.2, 0) is 27.4 Å². The summed E-state index contributed by atoms with van der Waals surface area (Å²) < 4.78 is 11.0. The second kappa shape index (κ2) is 8.07. The molecule has 1 aromatic heterocycles. The summed E-state index contributed by atoms with van der Waals surface area (Å²) in [6.45, 7) is -0.125. The van der Waals surface area contributed by atoms with Crippen molar-refractivity contribution in [1.82, 2.24) is 4.98 Å². The number of nitrogens with zero attached hydrogens (tertiary/aromatic N) is 1. The first-order valence-corrected chi connectivity index (χ1v) is 10.1. The summed E-state index contributed by atoms with van der Waals surface area (Å²) in [5, 5.41) is 5.94. The van der Waals surface area contributed by atoms with Gasteiger partial charge in [-0.1, -0.05) is 42.5 Å². The molecule has 1 amide bonds. The molecule has 0 radical (unpaired) electrons. The fraction of sp³-hybridized carbons (Fsp3) is 0.160. The molecule has 3 aromatic carbocycles. The van der Waals surface area contributed by atoms with Crippen LogP contribution in [0, 0.1) is 0 Å². The molecule has 0 fully saturated rings. The lowest BCUT2D eigenvalue weighted by molar-refractivity contribution is -0.147. The van der Waals surface area contributed by atoms with Gasteiger partial charge in [-0.3, -0.25) is 4.79 Å². The van der Waals surface area contributed by atoms with Gasteiger partial charge in [0.2, 0.25) is 5.91 Å². The van der Waals surface area contributed by atoms with Crippen LogP contribution in [0.25, 0.3) is 21.7 Å². The van der Waals surface area contributed by atoms with Crippen LogP contribution >= 0.6 is 0 Å². The molecule has 1 N–H and O–H groups in total. The fourth-order valence-corrected chi connectivity index (χ4v) is 3.87. The molecule has 1 aliphatic rings. The van der Waals surface area contributed by atoms with Gasteiger partial charge in [-0.25, -0.2) is 9.78 Å². The maximum Gasteiger partial charge on any atom is 0.344 e. The van der Waals surface area contributed by atoms with Crippen molar-refractivity contribution in [2.45, 2.75) is 19.4 Å². The zero-order valence-electron chi connectivity index (χ0n) is 16.8. The third-order valence-corrected chi connectivity index (χ3v) is 5.39. The first kappa shape index (κ1) is 19.1. The Kier molecular flexibility index (Phi) is 4.96. The Morgan fingerprint density at radius 3 is 2.58 bits per heavy atom. The average molecular weight is 412 g/mol. The Bertz CT molecular complexity index is 1320. The number of nitrogens with one attached hydrogen (secondary N) is 1. The normalized spacial score (nSPS) is 13.0. The number of rotatable bonds is 5. The molecular formula is C25H20N2O4. The molecule has 0 saturated heterocycles. The van der Waals surface area contributed by atoms with Crippen molar-refractivity contribution in [2.75, 3.05) is 11.9 Å². The molecule has 0 spiro atoms. The van der Waals surface area contributed by atoms with E-state index in [2.05, 4.69) is 5.32 Å². The summed E-state index contributed by atoms with van der Waals surface area (Å²) in [4.78, 5) is 28.4. The van der Waals surface area contributed by atoms with Gasteiger partial charge in [-0.2, -0.15) is 0 Å². The van der Waals surface area contributed by atoms with Crippen molar-refractivity contribution < 1.29 is 19.1 Å². The van der Waals surface area contributed by atoms with Crippen LogP contribution in [-0.4, -0.2) is 23.5 Å². The molecular weight excluding hydrogens is 392 g/mol. The summed E-state index contributed by atoms with van der Waals surface area (Å²) in [6, 6.07) is 21.3. The number of amides is 1. The summed E-state index contributed by atoms with van der Waals surface area (Å²) in [6.07, 6.45) is 1.11. The Balaban J connectivity index is 1.27. The van der Waals surface area contributed by atoms with Gasteiger partial charge in [0.25, 0.3) is 0 Å². The van der Waals surface area contributed by atoms with Crippen molar-refractivity contribution in [3.05, 3.63) is 78.0 Å². The van der Waals surface area contributed by atoms with Gasteiger partial charge < -0.3 is 14.8 Å². The highest BCUT2D eigenvalue weighted by molar-refractivity contribution is 6.06. The minimum absolute atomic E-state index is 0.0135. The summed E-state index contributed by atoms with van der Waals surface area (Å²) in [5.41, 5.74) is 3.37. The second-order valence-corrected chi connectivity index (χ2v) is 7.44. The van der Waals surface area contributed by atoms with Crippen LogP contribution in [0.4, 0.5) is 5.69 Å². The number of ether oxygens (including phenoxy) is 2. The number of anilines is 1. The third-order valence-electron chi connectivity index (χ3n) is 5.39. The van der Waals surface area contributed by atoms with Crippen LogP contribution in [0.2, 0.25) is 0 Å². The van der Waals surface area contributed by atoms with Crippen LogP contribution in [0.1, 0.15) is 17.7 Å². The lowest BCUT2D eigenvalue weighted by Crippen LogP contribution is -2.19. The number of fused-ring (bicyclic) bond motifs is 4. The van der Waals surface area contributed by atoms with E-state index in [1.54, 1.807) is 12.1 Å². The molecule has 0 atom stereocenters. The highest BCUT2D eigenvalue weighted by Crippen LogP contribution is 2.28. The number of esters is 1. The number of carbonyl (C=O) groups is 2. The van der Waals surface area contributed by atoms with E-state index in [0.29, 0.717) is 24.3 Å². The molecule has 0 unspecified atom stereocenters. The number of para-hydroxylation sites is 1. The average Bonchev–Trinajstić information content (AvgIpc) is 2.81. The maximum absolute atomic E-state index is 12.3. The minimum atomic E-state index is -0.468. The van der Waals surface area contributed by atoms with Gasteiger partial charge in [0, 0.05) is 22.9 Å². The molecule has 0 bridgehead atoms. The lowest BCUT2D eigenvalue weighted by Gasteiger charge is -2.17. The SMILES string of the molecule is O=C1CCc2cc(OCC(=O)OCc3nc4ccccc4c4ccccc34)ccc2N1. The topological polar surface area (TPSA) is 77.5 Å². The van der Waals surface area contributed by atoms with E-state index >= 15 is 0 Å². The van der Waals surface area contributed by atoms with Crippen molar-refractivity contribution >= 4 is 39.2 Å². The Morgan fingerprint density at radius 2 is 1.71 bits per heavy atom. The van der Waals surface area contributed by atoms with Crippen LogP contribution in [0.3, 0.4) is 0 Å². The number of aryl methyl sites for hydroxylation is 1. The first-order valence-electron chi connectivity index (χ1n) is 10.1. The van der Waals surface area contributed by atoms with Crippen molar-refractivity contribution in [3.63, 3.8) is 0 Å². The number of carbonyl (C=O) groups excluding carboxylic acids is 2. The van der Waals surface area contributed by atoms with E-state index in [9.17, 15) is 9.59 Å². The molecule has 31 heavy (non-hydrogen) atoms. The van der Waals surface area contributed by atoms with E-state index in [1.165, 1.54) is 0 Å². The highest BCUT2D eigenvalue weighted by Gasteiger charge is 2.16. The lowest BCUT2D eigenvalue weighted by atomic mass is 10.0. The summed E-state index contributed by atoms with van der Waals surface area (Å²) in [5.74, 6) is 0.116. The van der Waals surface area contributed by atoms with Crippen LogP contribution < -0.4 is 10.1 Å². The van der Waals surface area contributed by atoms with Gasteiger partial charge in [-0.05, 0) is 41.6 Å². The largest absolute Gasteiger partial charge is 0.482 e. The van der Waals surface area contributed by atoms with E-state index in [-0.39, 0.29) is 19.1 Å². The summed E-state index contributed by atoms with van der Waals surface area (Å²) in [7, 11) is 0. The zero-order chi connectivity index (χ0) is 21.2. The quantitative estimate of drug-likeness (QED) is 0.388. The fourth-order valence-electron chi connectivity index (χ4n) is 3.87. The molecule has 6 nitrogen and oxygen atoms in total. The highest BCUT2D eigenvalue weighted by atomic mass is 16.6. The molecule has 6 heteroatoms. The molecule has 4 aromatic rings. The van der Waals surface area contributed by atoms with Crippen molar-refractivity contribution in [1.29, 1.82) is 0 Å². The van der Waals surface area contributed by atoms with E-state index < -0.39 is 5.97 Å². The van der Waals surface area contributed by atoms with Crippen molar-refractivity contribution in [2.24, 2.45) is 0 Å². The second-order valence-electron chi connectivity index (χ2n) is 7.44. The molecule has 5 rings (SSSR count). The Morgan fingerprint density at radius 1 is 0.935 bits per heavy atom. The monoisotopic (exact) mass is 412 g/mol. The first-order chi connectivity index (χ1) is 15.2. The van der Waals surface area contributed by atoms with Gasteiger partial charge in [0.05, 0.1) is 11.2 Å². The predicted molar refractivity (Wildman–Crippen MR) is 118 cm³/mol.